The summed E-state index contributed by atoms with van der Waals surface area (Å²) >= 11 is 2.15. The summed E-state index contributed by atoms with van der Waals surface area (Å²) in [5, 5.41) is 3.35. The van der Waals surface area contributed by atoms with Crippen LogP contribution >= 0.6 is 22.6 Å². The minimum absolute atomic E-state index is 0.174. The summed E-state index contributed by atoms with van der Waals surface area (Å²) in [5.74, 6) is 1.28. The molecule has 0 amide bonds. The Balaban J connectivity index is 2.18. The third-order valence-corrected chi connectivity index (χ3v) is 3.81. The molecule has 0 saturated heterocycles. The van der Waals surface area contributed by atoms with E-state index in [-0.39, 0.29) is 6.04 Å². The number of nitrogen functional groups attached to an aromatic ring is 1. The van der Waals surface area contributed by atoms with E-state index in [0.717, 1.165) is 9.39 Å². The van der Waals surface area contributed by atoms with Crippen LogP contribution in [0, 0.1) is 10.5 Å². The van der Waals surface area contributed by atoms with E-state index < -0.39 is 0 Å². The number of hydrogen-bond acceptors (Lipinski definition) is 4. The van der Waals surface area contributed by atoms with Crippen LogP contribution in [0.3, 0.4) is 0 Å². The van der Waals surface area contributed by atoms with E-state index in [1.165, 1.54) is 17.5 Å². The maximum Gasteiger partial charge on any atom is 0.145 e. The highest BCUT2D eigenvalue weighted by atomic mass is 127. The van der Waals surface area contributed by atoms with E-state index in [1.807, 2.05) is 0 Å². The molecule has 1 unspecified atom stereocenters. The maximum atomic E-state index is 5.76. The molecule has 5 heteroatoms. The summed E-state index contributed by atoms with van der Waals surface area (Å²) in [6.07, 6.45) is 1.47. The van der Waals surface area contributed by atoms with Crippen LogP contribution in [0.1, 0.15) is 24.1 Å². The Bertz CT molecular complexity index is 539. The lowest BCUT2D eigenvalue weighted by Crippen LogP contribution is -2.10. The zero-order valence-corrected chi connectivity index (χ0v) is 12.5. The second-order valence-electron chi connectivity index (χ2n) is 4.20. The van der Waals surface area contributed by atoms with Gasteiger partial charge in [-0.3, -0.25) is 0 Å². The Morgan fingerprint density at radius 2 is 1.89 bits per heavy atom. The molecular formula is C13H15IN4. The standard InChI is InChI=1S/C13H15IN4/c1-8-3-5-10(6-4-8)9(2)18-13-11(14)12(15)16-7-17-13/h3-7,9H,1-2H3,(H3,15,16,17,18). The molecule has 0 radical (unpaired) electrons. The number of nitrogens with two attached hydrogens (primary N) is 1. The first-order chi connectivity index (χ1) is 8.58. The second-order valence-corrected chi connectivity index (χ2v) is 5.28. The van der Waals surface area contributed by atoms with Gasteiger partial charge in [0.15, 0.2) is 0 Å². The predicted octanol–water partition coefficient (Wildman–Crippen LogP) is 3.14. The molecule has 1 aromatic heterocycles. The zero-order valence-electron chi connectivity index (χ0n) is 10.3. The summed E-state index contributed by atoms with van der Waals surface area (Å²) in [6, 6.07) is 8.61. The quantitative estimate of drug-likeness (QED) is 0.832. The van der Waals surface area contributed by atoms with E-state index in [0.29, 0.717) is 5.82 Å². The van der Waals surface area contributed by atoms with Crippen LogP contribution < -0.4 is 11.1 Å². The number of rotatable bonds is 3. The van der Waals surface area contributed by atoms with Crippen LogP contribution in [0.25, 0.3) is 0 Å². The first-order valence-corrected chi connectivity index (χ1v) is 6.75. The molecule has 0 saturated carbocycles. The van der Waals surface area contributed by atoms with Gasteiger partial charge in [0.1, 0.15) is 18.0 Å². The molecule has 2 aromatic rings. The average molecular weight is 354 g/mol. The maximum absolute atomic E-state index is 5.76. The first kappa shape index (κ1) is 13.1. The zero-order chi connectivity index (χ0) is 13.1. The average Bonchev–Trinajstić information content (AvgIpc) is 2.36. The molecule has 0 aliphatic rings. The minimum Gasteiger partial charge on any atom is -0.383 e. The molecule has 18 heavy (non-hydrogen) atoms. The van der Waals surface area contributed by atoms with Gasteiger partial charge in [-0.05, 0) is 42.0 Å². The number of aromatic nitrogens is 2. The van der Waals surface area contributed by atoms with Crippen LogP contribution in [-0.4, -0.2) is 9.97 Å². The lowest BCUT2D eigenvalue weighted by Gasteiger charge is -2.16. The van der Waals surface area contributed by atoms with Crippen LogP contribution in [0.5, 0.6) is 0 Å². The molecule has 1 aromatic carbocycles. The highest BCUT2D eigenvalue weighted by Gasteiger charge is 2.10. The van der Waals surface area contributed by atoms with Crippen LogP contribution in [0.15, 0.2) is 30.6 Å². The van der Waals surface area contributed by atoms with Crippen molar-refractivity contribution in [1.82, 2.24) is 9.97 Å². The Morgan fingerprint density at radius 3 is 2.56 bits per heavy atom. The van der Waals surface area contributed by atoms with Gasteiger partial charge in [-0.25, -0.2) is 9.97 Å². The van der Waals surface area contributed by atoms with Gasteiger partial charge in [-0.1, -0.05) is 29.8 Å². The fraction of sp³-hybridized carbons (Fsp3) is 0.231. The van der Waals surface area contributed by atoms with Gasteiger partial charge < -0.3 is 11.1 Å². The monoisotopic (exact) mass is 354 g/mol. The Hall–Kier alpha value is -1.37. The number of hydrogen-bond donors (Lipinski definition) is 2. The summed E-state index contributed by atoms with van der Waals surface area (Å²) in [5.41, 5.74) is 8.23. The summed E-state index contributed by atoms with van der Waals surface area (Å²) in [7, 11) is 0. The van der Waals surface area contributed by atoms with Gasteiger partial charge in [-0.2, -0.15) is 0 Å². The summed E-state index contributed by atoms with van der Waals surface area (Å²) in [6.45, 7) is 4.18. The molecule has 0 bridgehead atoms. The largest absolute Gasteiger partial charge is 0.383 e. The Labute approximate surface area is 120 Å². The highest BCUT2D eigenvalue weighted by molar-refractivity contribution is 14.1. The Kier molecular flexibility index (Phi) is 4.00. The normalized spacial score (nSPS) is 12.2. The number of halogens is 1. The molecule has 3 N–H and O–H groups in total. The molecule has 94 valence electrons. The van der Waals surface area contributed by atoms with Crippen molar-refractivity contribution < 1.29 is 0 Å². The third kappa shape index (κ3) is 2.90. The van der Waals surface area contributed by atoms with E-state index in [4.69, 9.17) is 5.73 Å². The molecular weight excluding hydrogens is 339 g/mol. The number of nitrogens with zero attached hydrogens (tertiary/aromatic N) is 2. The van der Waals surface area contributed by atoms with Crippen molar-refractivity contribution in [2.24, 2.45) is 0 Å². The van der Waals surface area contributed by atoms with Crippen molar-refractivity contribution in [2.75, 3.05) is 11.1 Å². The molecule has 4 nitrogen and oxygen atoms in total. The van der Waals surface area contributed by atoms with Gasteiger partial charge in [0.2, 0.25) is 0 Å². The molecule has 0 aliphatic heterocycles. The molecule has 1 atom stereocenters. The van der Waals surface area contributed by atoms with Crippen molar-refractivity contribution in [2.45, 2.75) is 19.9 Å². The van der Waals surface area contributed by atoms with Gasteiger partial charge in [0.05, 0.1) is 3.57 Å². The molecule has 0 spiro atoms. The Morgan fingerprint density at radius 1 is 1.22 bits per heavy atom. The van der Waals surface area contributed by atoms with E-state index in [2.05, 4.69) is 76.0 Å². The number of benzene rings is 1. The fourth-order valence-corrected chi connectivity index (χ4v) is 2.06. The van der Waals surface area contributed by atoms with Crippen LogP contribution in [0.2, 0.25) is 0 Å². The SMILES string of the molecule is Cc1ccc(C(C)Nc2ncnc(N)c2I)cc1. The van der Waals surface area contributed by atoms with E-state index in [1.54, 1.807) is 0 Å². The van der Waals surface area contributed by atoms with Gasteiger partial charge in [0, 0.05) is 6.04 Å². The summed E-state index contributed by atoms with van der Waals surface area (Å²) in [4.78, 5) is 8.16. The molecule has 1 heterocycles. The topological polar surface area (TPSA) is 63.8 Å². The highest BCUT2D eigenvalue weighted by Crippen LogP contribution is 2.24. The molecule has 0 aliphatic carbocycles. The second kappa shape index (κ2) is 5.51. The number of aryl methyl sites for hydroxylation is 1. The lowest BCUT2D eigenvalue weighted by molar-refractivity contribution is 0.869. The van der Waals surface area contributed by atoms with Crippen LogP contribution in [-0.2, 0) is 0 Å². The van der Waals surface area contributed by atoms with Crippen molar-refractivity contribution in [3.63, 3.8) is 0 Å². The van der Waals surface area contributed by atoms with Gasteiger partial charge >= 0.3 is 0 Å². The van der Waals surface area contributed by atoms with Crippen LogP contribution in [0.4, 0.5) is 11.6 Å². The van der Waals surface area contributed by atoms with Crippen molar-refractivity contribution in [3.05, 3.63) is 45.3 Å². The predicted molar refractivity (Wildman–Crippen MR) is 82.4 cm³/mol. The smallest absolute Gasteiger partial charge is 0.145 e. The van der Waals surface area contributed by atoms with Gasteiger partial charge in [0.25, 0.3) is 0 Å². The molecule has 0 fully saturated rings. The van der Waals surface area contributed by atoms with Crippen molar-refractivity contribution in [1.29, 1.82) is 0 Å². The molecule has 2 rings (SSSR count). The fourth-order valence-electron chi connectivity index (χ4n) is 1.63. The van der Waals surface area contributed by atoms with E-state index in [9.17, 15) is 0 Å². The van der Waals surface area contributed by atoms with Crippen molar-refractivity contribution in [3.8, 4) is 0 Å². The summed E-state index contributed by atoms with van der Waals surface area (Å²) < 4.78 is 0.856. The van der Waals surface area contributed by atoms with Gasteiger partial charge in [-0.15, -0.1) is 0 Å². The minimum atomic E-state index is 0.174. The number of anilines is 2. The van der Waals surface area contributed by atoms with Crippen molar-refractivity contribution >= 4 is 34.2 Å². The number of nitrogens with one attached hydrogen (secondary N) is 1. The third-order valence-electron chi connectivity index (χ3n) is 2.75. The van der Waals surface area contributed by atoms with E-state index >= 15 is 0 Å². The first-order valence-electron chi connectivity index (χ1n) is 5.67. The lowest BCUT2D eigenvalue weighted by atomic mass is 10.1.